The maximum Gasteiger partial charge on any atom is 0.135 e. The fraction of sp³-hybridized carbons (Fsp3) is 0.350. The molecule has 1 aromatic heterocycles. The van der Waals surface area contributed by atoms with E-state index in [0.29, 0.717) is 24.4 Å². The molecule has 2 heterocycles. The van der Waals surface area contributed by atoms with Crippen molar-refractivity contribution in [3.8, 4) is 0 Å². The molecule has 2 aromatic rings. The number of hydrogen-bond acceptors (Lipinski definition) is 3. The molecule has 5 heteroatoms. The topological polar surface area (TPSA) is 19.4 Å². The lowest BCUT2D eigenvalue weighted by Crippen LogP contribution is -2.46. The molecule has 0 N–H and O–H groups in total. The molecule has 25 heavy (non-hydrogen) atoms. The minimum absolute atomic E-state index is 0.0244. The molecule has 132 valence electrons. The lowest BCUT2D eigenvalue weighted by atomic mass is 10.1. The van der Waals surface area contributed by atoms with Crippen LogP contribution in [0, 0.1) is 32.4 Å². The molecule has 0 spiro atoms. The molecule has 1 aliphatic rings. The van der Waals surface area contributed by atoms with Crippen LogP contribution in [0.25, 0.3) is 5.70 Å². The van der Waals surface area contributed by atoms with Crippen LogP contribution in [0.2, 0.25) is 0 Å². The fourth-order valence-corrected chi connectivity index (χ4v) is 3.36. The Morgan fingerprint density at radius 3 is 2.12 bits per heavy atom. The highest BCUT2D eigenvalue weighted by Crippen LogP contribution is 2.27. The van der Waals surface area contributed by atoms with Crippen molar-refractivity contribution in [2.24, 2.45) is 0 Å². The maximum absolute atomic E-state index is 14.2. The number of rotatable bonds is 3. The largest absolute Gasteiger partial charge is 0.368 e. The van der Waals surface area contributed by atoms with Gasteiger partial charge < -0.3 is 9.80 Å². The van der Waals surface area contributed by atoms with Gasteiger partial charge in [-0.25, -0.2) is 13.8 Å². The predicted molar refractivity (Wildman–Crippen MR) is 97.6 cm³/mol. The second kappa shape index (κ2) is 6.82. The Bertz CT molecular complexity index is 786. The third kappa shape index (κ3) is 3.50. The summed E-state index contributed by atoms with van der Waals surface area (Å²) in [5, 5.41) is 0. The summed E-state index contributed by atoms with van der Waals surface area (Å²) in [6, 6.07) is 4.81. The average molecular weight is 343 g/mol. The Balaban J connectivity index is 1.73. The van der Waals surface area contributed by atoms with Gasteiger partial charge in [0.25, 0.3) is 0 Å². The fourth-order valence-electron chi connectivity index (χ4n) is 3.36. The monoisotopic (exact) mass is 343 g/mol. The quantitative estimate of drug-likeness (QED) is 0.837. The van der Waals surface area contributed by atoms with Gasteiger partial charge in [0.1, 0.15) is 17.5 Å². The molecule has 0 amide bonds. The van der Waals surface area contributed by atoms with E-state index in [4.69, 9.17) is 0 Å². The van der Waals surface area contributed by atoms with E-state index in [9.17, 15) is 8.78 Å². The standard InChI is InChI=1S/C20H23F2N3/c1-13-10-17(21)19(18(22)11-13)16(4)24-5-7-25(8-6-24)20-15(3)9-14(2)12-23-20/h9-12H,4-8H2,1-3H3. The summed E-state index contributed by atoms with van der Waals surface area (Å²) in [7, 11) is 0. The van der Waals surface area contributed by atoms with Gasteiger partial charge in [0, 0.05) is 38.1 Å². The Morgan fingerprint density at radius 2 is 1.56 bits per heavy atom. The summed E-state index contributed by atoms with van der Waals surface area (Å²) < 4.78 is 28.4. The summed E-state index contributed by atoms with van der Waals surface area (Å²) in [6.45, 7) is 12.5. The van der Waals surface area contributed by atoms with Crippen molar-refractivity contribution in [1.82, 2.24) is 9.88 Å². The van der Waals surface area contributed by atoms with Crippen molar-refractivity contribution < 1.29 is 8.78 Å². The van der Waals surface area contributed by atoms with Crippen LogP contribution in [0.15, 0.2) is 31.0 Å². The zero-order valence-electron chi connectivity index (χ0n) is 14.9. The number of aryl methyl sites for hydroxylation is 3. The molecule has 1 aromatic carbocycles. The summed E-state index contributed by atoms with van der Waals surface area (Å²) in [5.41, 5.74) is 3.23. The first-order chi connectivity index (χ1) is 11.9. The number of piperazine rings is 1. The number of benzene rings is 1. The van der Waals surface area contributed by atoms with E-state index in [1.165, 1.54) is 12.1 Å². The first-order valence-corrected chi connectivity index (χ1v) is 8.45. The minimum Gasteiger partial charge on any atom is -0.368 e. The number of anilines is 1. The Labute approximate surface area is 147 Å². The molecule has 0 atom stereocenters. The number of nitrogens with zero attached hydrogens (tertiary/aromatic N) is 3. The van der Waals surface area contributed by atoms with E-state index in [1.807, 2.05) is 18.0 Å². The molecule has 0 aliphatic carbocycles. The Hall–Kier alpha value is -2.43. The summed E-state index contributed by atoms with van der Waals surface area (Å²) in [4.78, 5) is 8.68. The van der Waals surface area contributed by atoms with Crippen LogP contribution in [0.3, 0.4) is 0 Å². The first kappa shape index (κ1) is 17.4. The van der Waals surface area contributed by atoms with E-state index in [2.05, 4.69) is 29.5 Å². The van der Waals surface area contributed by atoms with Crippen LogP contribution in [0.1, 0.15) is 22.3 Å². The van der Waals surface area contributed by atoms with Crippen LogP contribution >= 0.6 is 0 Å². The Morgan fingerprint density at radius 1 is 0.960 bits per heavy atom. The summed E-state index contributed by atoms with van der Waals surface area (Å²) >= 11 is 0. The predicted octanol–water partition coefficient (Wildman–Crippen LogP) is 4.08. The van der Waals surface area contributed by atoms with Gasteiger partial charge in [0.2, 0.25) is 0 Å². The van der Waals surface area contributed by atoms with Crippen molar-refractivity contribution in [2.75, 3.05) is 31.1 Å². The highest BCUT2D eigenvalue weighted by molar-refractivity contribution is 5.64. The molecular formula is C20H23F2N3. The number of halogens is 2. The molecule has 0 bridgehead atoms. The average Bonchev–Trinajstić information content (AvgIpc) is 2.54. The van der Waals surface area contributed by atoms with Crippen LogP contribution in [-0.2, 0) is 0 Å². The zero-order chi connectivity index (χ0) is 18.1. The van der Waals surface area contributed by atoms with Crippen molar-refractivity contribution in [3.63, 3.8) is 0 Å². The van der Waals surface area contributed by atoms with Crippen LogP contribution in [0.5, 0.6) is 0 Å². The number of hydrogen-bond donors (Lipinski definition) is 0. The molecule has 1 saturated heterocycles. The van der Waals surface area contributed by atoms with Gasteiger partial charge in [-0.1, -0.05) is 12.6 Å². The molecular weight excluding hydrogens is 320 g/mol. The lowest BCUT2D eigenvalue weighted by molar-refractivity contribution is 0.363. The van der Waals surface area contributed by atoms with Gasteiger partial charge in [-0.3, -0.25) is 0 Å². The van der Waals surface area contributed by atoms with E-state index < -0.39 is 11.6 Å². The molecule has 3 rings (SSSR count). The third-order valence-electron chi connectivity index (χ3n) is 4.62. The van der Waals surface area contributed by atoms with Gasteiger partial charge in [-0.05, 0) is 49.6 Å². The van der Waals surface area contributed by atoms with Crippen molar-refractivity contribution in [3.05, 3.63) is 64.9 Å². The normalized spacial score (nSPS) is 14.8. The van der Waals surface area contributed by atoms with Crippen molar-refractivity contribution >= 4 is 11.5 Å². The van der Waals surface area contributed by atoms with Gasteiger partial charge >= 0.3 is 0 Å². The molecule has 0 saturated carbocycles. The molecule has 0 radical (unpaired) electrons. The molecule has 1 fully saturated rings. The lowest BCUT2D eigenvalue weighted by Gasteiger charge is -2.38. The highest BCUT2D eigenvalue weighted by atomic mass is 19.1. The molecule has 1 aliphatic heterocycles. The Kier molecular flexibility index (Phi) is 4.75. The third-order valence-corrected chi connectivity index (χ3v) is 4.62. The van der Waals surface area contributed by atoms with Gasteiger partial charge in [0.05, 0.1) is 5.56 Å². The first-order valence-electron chi connectivity index (χ1n) is 8.45. The van der Waals surface area contributed by atoms with Crippen LogP contribution in [-0.4, -0.2) is 36.1 Å². The molecule has 0 unspecified atom stereocenters. The summed E-state index contributed by atoms with van der Waals surface area (Å²) in [6.07, 6.45) is 1.87. The van der Waals surface area contributed by atoms with E-state index in [1.54, 1.807) is 6.92 Å². The van der Waals surface area contributed by atoms with Gasteiger partial charge in [-0.2, -0.15) is 0 Å². The smallest absolute Gasteiger partial charge is 0.135 e. The van der Waals surface area contributed by atoms with E-state index >= 15 is 0 Å². The van der Waals surface area contributed by atoms with Gasteiger partial charge in [-0.15, -0.1) is 0 Å². The van der Waals surface area contributed by atoms with Gasteiger partial charge in [0.15, 0.2) is 0 Å². The number of aromatic nitrogens is 1. The van der Waals surface area contributed by atoms with Crippen LogP contribution < -0.4 is 4.90 Å². The maximum atomic E-state index is 14.2. The summed E-state index contributed by atoms with van der Waals surface area (Å²) in [5.74, 6) is -0.134. The highest BCUT2D eigenvalue weighted by Gasteiger charge is 2.24. The second-order valence-electron chi connectivity index (χ2n) is 6.68. The SMILES string of the molecule is C=C(c1c(F)cc(C)cc1F)N1CCN(c2ncc(C)cc2C)CC1. The van der Waals surface area contributed by atoms with E-state index in [-0.39, 0.29) is 5.56 Å². The minimum atomic E-state index is -0.555. The van der Waals surface area contributed by atoms with Crippen molar-refractivity contribution in [2.45, 2.75) is 20.8 Å². The van der Waals surface area contributed by atoms with Crippen molar-refractivity contribution in [1.29, 1.82) is 0 Å². The molecule has 3 nitrogen and oxygen atoms in total. The van der Waals surface area contributed by atoms with E-state index in [0.717, 1.165) is 30.0 Å². The number of pyridine rings is 1. The zero-order valence-corrected chi connectivity index (χ0v) is 14.9. The second-order valence-corrected chi connectivity index (χ2v) is 6.68. The van der Waals surface area contributed by atoms with Crippen LogP contribution in [0.4, 0.5) is 14.6 Å².